The number of urea groups is 1. The zero-order valence-electron chi connectivity index (χ0n) is 13.1. The highest BCUT2D eigenvalue weighted by molar-refractivity contribution is 7.98. The van der Waals surface area contributed by atoms with Gasteiger partial charge in [0.15, 0.2) is 0 Å². The molecule has 0 spiro atoms. The number of carbonyl (C=O) groups excluding carboxylic acids is 1. The van der Waals surface area contributed by atoms with Crippen LogP contribution in [0.15, 0.2) is 48.5 Å². The molecule has 0 heterocycles. The molecule has 0 fully saturated rings. The molecule has 3 nitrogen and oxygen atoms in total. The van der Waals surface area contributed by atoms with Crippen molar-refractivity contribution in [3.8, 4) is 0 Å². The lowest BCUT2D eigenvalue weighted by Crippen LogP contribution is -2.30. The highest BCUT2D eigenvalue weighted by atomic mass is 32.2. The minimum atomic E-state index is -0.144. The SMILES string of the molecule is Cc1ccc(C)c(NC(=O)NCCSCc2ccccc2)c1. The van der Waals surface area contributed by atoms with E-state index in [1.165, 1.54) is 5.56 Å². The number of hydrogen-bond donors (Lipinski definition) is 2. The van der Waals surface area contributed by atoms with E-state index < -0.39 is 0 Å². The van der Waals surface area contributed by atoms with Crippen molar-refractivity contribution in [1.82, 2.24) is 5.32 Å². The van der Waals surface area contributed by atoms with Crippen LogP contribution in [0, 0.1) is 13.8 Å². The minimum absolute atomic E-state index is 0.144. The number of benzene rings is 2. The van der Waals surface area contributed by atoms with Crippen molar-refractivity contribution in [2.24, 2.45) is 0 Å². The molecule has 116 valence electrons. The molecule has 0 saturated carbocycles. The molecule has 0 aromatic heterocycles. The molecule has 4 heteroatoms. The lowest BCUT2D eigenvalue weighted by atomic mass is 10.1. The highest BCUT2D eigenvalue weighted by Crippen LogP contribution is 2.16. The lowest BCUT2D eigenvalue weighted by Gasteiger charge is -2.10. The van der Waals surface area contributed by atoms with Gasteiger partial charge in [0, 0.05) is 23.7 Å². The van der Waals surface area contributed by atoms with Gasteiger partial charge in [-0.15, -0.1) is 0 Å². The van der Waals surface area contributed by atoms with E-state index >= 15 is 0 Å². The van der Waals surface area contributed by atoms with E-state index in [4.69, 9.17) is 0 Å². The average molecular weight is 314 g/mol. The first-order valence-corrected chi connectivity index (χ1v) is 8.54. The topological polar surface area (TPSA) is 41.1 Å². The molecule has 2 N–H and O–H groups in total. The molecule has 2 aromatic rings. The van der Waals surface area contributed by atoms with Crippen LogP contribution in [0.1, 0.15) is 16.7 Å². The first kappa shape index (κ1) is 16.4. The minimum Gasteiger partial charge on any atom is -0.337 e. The number of amides is 2. The number of hydrogen-bond acceptors (Lipinski definition) is 2. The van der Waals surface area contributed by atoms with Crippen LogP contribution < -0.4 is 10.6 Å². The van der Waals surface area contributed by atoms with Gasteiger partial charge in [0.25, 0.3) is 0 Å². The van der Waals surface area contributed by atoms with Gasteiger partial charge in [-0.1, -0.05) is 42.5 Å². The van der Waals surface area contributed by atoms with Crippen molar-refractivity contribution in [1.29, 1.82) is 0 Å². The Morgan fingerprint density at radius 1 is 1.09 bits per heavy atom. The predicted octanol–water partition coefficient (Wildman–Crippen LogP) is 4.36. The van der Waals surface area contributed by atoms with Gasteiger partial charge in [0.05, 0.1) is 0 Å². The number of carbonyl (C=O) groups is 1. The van der Waals surface area contributed by atoms with E-state index in [9.17, 15) is 4.79 Å². The second-order valence-corrected chi connectivity index (χ2v) is 6.34. The molecule has 2 amide bonds. The third-order valence-corrected chi connectivity index (χ3v) is 4.32. The van der Waals surface area contributed by atoms with Crippen LogP contribution in [0.2, 0.25) is 0 Å². The maximum absolute atomic E-state index is 11.9. The number of thioether (sulfide) groups is 1. The van der Waals surface area contributed by atoms with Crippen molar-refractivity contribution in [2.75, 3.05) is 17.6 Å². The predicted molar refractivity (Wildman–Crippen MR) is 95.5 cm³/mol. The second kappa shape index (κ2) is 8.49. The van der Waals surface area contributed by atoms with Gasteiger partial charge in [-0.25, -0.2) is 4.79 Å². The first-order valence-electron chi connectivity index (χ1n) is 7.39. The van der Waals surface area contributed by atoms with Crippen molar-refractivity contribution < 1.29 is 4.79 Å². The Labute approximate surface area is 136 Å². The molecular weight excluding hydrogens is 292 g/mol. The van der Waals surface area contributed by atoms with Crippen molar-refractivity contribution in [2.45, 2.75) is 19.6 Å². The van der Waals surface area contributed by atoms with Crippen LogP contribution in [0.4, 0.5) is 10.5 Å². The third kappa shape index (κ3) is 5.45. The van der Waals surface area contributed by atoms with Crippen LogP contribution in [0.3, 0.4) is 0 Å². The summed E-state index contributed by atoms with van der Waals surface area (Å²) in [4.78, 5) is 11.9. The summed E-state index contributed by atoms with van der Waals surface area (Å²) in [6.45, 7) is 4.67. The zero-order valence-corrected chi connectivity index (χ0v) is 13.9. The largest absolute Gasteiger partial charge is 0.337 e. The van der Waals surface area contributed by atoms with E-state index in [-0.39, 0.29) is 6.03 Å². The van der Waals surface area contributed by atoms with Gasteiger partial charge in [0.2, 0.25) is 0 Å². The Bertz CT molecular complexity index is 614. The Kier molecular flexibility index (Phi) is 6.34. The Hall–Kier alpha value is -1.94. The van der Waals surface area contributed by atoms with Gasteiger partial charge in [-0.2, -0.15) is 11.8 Å². The van der Waals surface area contributed by atoms with Crippen molar-refractivity contribution in [3.63, 3.8) is 0 Å². The van der Waals surface area contributed by atoms with Crippen LogP contribution in [-0.4, -0.2) is 18.3 Å². The molecule has 0 saturated heterocycles. The fourth-order valence-electron chi connectivity index (χ4n) is 2.04. The molecule has 0 atom stereocenters. The Balaban J connectivity index is 1.66. The molecule has 0 bridgehead atoms. The monoisotopic (exact) mass is 314 g/mol. The van der Waals surface area contributed by atoms with Crippen LogP contribution in [0.25, 0.3) is 0 Å². The lowest BCUT2D eigenvalue weighted by molar-refractivity contribution is 0.252. The maximum Gasteiger partial charge on any atom is 0.319 e. The van der Waals surface area contributed by atoms with E-state index in [1.807, 2.05) is 62.0 Å². The van der Waals surface area contributed by atoms with Gasteiger partial charge in [0.1, 0.15) is 0 Å². The molecule has 0 radical (unpaired) electrons. The Morgan fingerprint density at radius 3 is 2.64 bits per heavy atom. The average Bonchev–Trinajstić information content (AvgIpc) is 2.51. The fraction of sp³-hybridized carbons (Fsp3) is 0.278. The van der Waals surface area contributed by atoms with E-state index in [0.717, 1.165) is 28.3 Å². The maximum atomic E-state index is 11.9. The summed E-state index contributed by atoms with van der Waals surface area (Å²) < 4.78 is 0. The number of anilines is 1. The molecule has 22 heavy (non-hydrogen) atoms. The van der Waals surface area contributed by atoms with Gasteiger partial charge < -0.3 is 10.6 Å². The van der Waals surface area contributed by atoms with E-state index in [1.54, 1.807) is 0 Å². The second-order valence-electron chi connectivity index (χ2n) is 5.24. The van der Waals surface area contributed by atoms with E-state index in [0.29, 0.717) is 6.54 Å². The number of aryl methyl sites for hydroxylation is 2. The molecule has 0 unspecified atom stereocenters. The van der Waals surface area contributed by atoms with Gasteiger partial charge in [-0.3, -0.25) is 0 Å². The summed E-state index contributed by atoms with van der Waals surface area (Å²) in [6.07, 6.45) is 0. The smallest absolute Gasteiger partial charge is 0.319 e. The summed E-state index contributed by atoms with van der Waals surface area (Å²) in [7, 11) is 0. The molecule has 0 aliphatic rings. The van der Waals surface area contributed by atoms with Crippen molar-refractivity contribution in [3.05, 3.63) is 65.2 Å². The molecule has 2 rings (SSSR count). The molecule has 0 aliphatic heterocycles. The fourth-order valence-corrected chi connectivity index (χ4v) is 2.86. The first-order chi connectivity index (χ1) is 10.6. The van der Waals surface area contributed by atoms with Crippen LogP contribution in [-0.2, 0) is 5.75 Å². The zero-order chi connectivity index (χ0) is 15.8. The quantitative estimate of drug-likeness (QED) is 0.778. The summed E-state index contributed by atoms with van der Waals surface area (Å²) in [5.74, 6) is 1.87. The van der Waals surface area contributed by atoms with Gasteiger partial charge >= 0.3 is 6.03 Å². The Morgan fingerprint density at radius 2 is 1.86 bits per heavy atom. The standard InChI is InChI=1S/C18H22N2OS/c1-14-8-9-15(2)17(12-14)20-18(21)19-10-11-22-13-16-6-4-3-5-7-16/h3-9,12H,10-11,13H2,1-2H3,(H2,19,20,21). The molecule has 2 aromatic carbocycles. The van der Waals surface area contributed by atoms with Crippen molar-refractivity contribution >= 4 is 23.5 Å². The normalized spacial score (nSPS) is 10.3. The molecule has 0 aliphatic carbocycles. The third-order valence-electron chi connectivity index (χ3n) is 3.28. The summed E-state index contributed by atoms with van der Waals surface area (Å²) >= 11 is 1.82. The highest BCUT2D eigenvalue weighted by Gasteiger charge is 2.04. The summed E-state index contributed by atoms with van der Waals surface area (Å²) in [6, 6.07) is 16.2. The summed E-state index contributed by atoms with van der Waals surface area (Å²) in [5, 5.41) is 5.79. The number of nitrogens with one attached hydrogen (secondary N) is 2. The van der Waals surface area contributed by atoms with E-state index in [2.05, 4.69) is 22.8 Å². The van der Waals surface area contributed by atoms with Crippen LogP contribution >= 0.6 is 11.8 Å². The number of rotatable bonds is 6. The molecular formula is C18H22N2OS. The van der Waals surface area contributed by atoms with Gasteiger partial charge in [-0.05, 0) is 36.6 Å². The summed E-state index contributed by atoms with van der Waals surface area (Å²) in [5.41, 5.74) is 4.39. The van der Waals surface area contributed by atoms with Crippen LogP contribution in [0.5, 0.6) is 0 Å².